The third-order valence-electron chi connectivity index (χ3n) is 3.57. The third kappa shape index (κ3) is 3.64. The summed E-state index contributed by atoms with van der Waals surface area (Å²) in [5.74, 6) is 0.294. The number of nitrogens with one attached hydrogen (secondary N) is 1. The number of halogens is 2. The van der Waals surface area contributed by atoms with Gasteiger partial charge in [0.05, 0.1) is 23.4 Å². The summed E-state index contributed by atoms with van der Waals surface area (Å²) in [7, 11) is 1.53. The van der Waals surface area contributed by atoms with Gasteiger partial charge in [0.2, 0.25) is 0 Å². The molecule has 0 atom stereocenters. The number of nitrogens with zero attached hydrogens (tertiary/aromatic N) is 2. The molecule has 2 aromatic heterocycles. The van der Waals surface area contributed by atoms with Gasteiger partial charge in [0.15, 0.2) is 0 Å². The monoisotopic (exact) mass is 455 g/mol. The fourth-order valence-electron chi connectivity index (χ4n) is 2.38. The van der Waals surface area contributed by atoms with Gasteiger partial charge in [-0.3, -0.25) is 4.79 Å². The van der Waals surface area contributed by atoms with Crippen LogP contribution in [0.15, 0.2) is 42.7 Å². The molecule has 1 aromatic carbocycles. The van der Waals surface area contributed by atoms with Gasteiger partial charge in [0.1, 0.15) is 11.4 Å². The number of carbonyl (C=O) groups excluding carboxylic acids is 1. The first-order valence-corrected chi connectivity index (χ1v) is 8.78. The Hall–Kier alpha value is -1.80. The standard InChI is InChI=1S/C17H15ClIN3O2/c1-24-15-9-14(19)13(18)8-12(15)17(23)20-6-5-11-10-22-7-3-2-4-16(22)21-11/h2-4,7-10H,5-6H2,1H3,(H,20,23). The molecule has 3 rings (SSSR count). The second-order valence-electron chi connectivity index (χ2n) is 5.17. The van der Waals surface area contributed by atoms with E-state index in [-0.39, 0.29) is 5.91 Å². The molecule has 0 aliphatic rings. The minimum absolute atomic E-state index is 0.214. The van der Waals surface area contributed by atoms with Crippen LogP contribution in [0.2, 0.25) is 5.02 Å². The fourth-order valence-corrected chi connectivity index (χ4v) is 2.98. The molecule has 0 fully saturated rings. The van der Waals surface area contributed by atoms with Gasteiger partial charge in [0.25, 0.3) is 5.91 Å². The first kappa shape index (κ1) is 17.0. The summed E-state index contributed by atoms with van der Waals surface area (Å²) in [6.45, 7) is 0.482. The number of hydrogen-bond donors (Lipinski definition) is 1. The third-order valence-corrected chi connectivity index (χ3v) is 5.09. The Morgan fingerprint density at radius 3 is 3.00 bits per heavy atom. The van der Waals surface area contributed by atoms with Crippen molar-refractivity contribution < 1.29 is 9.53 Å². The van der Waals surface area contributed by atoms with E-state index in [2.05, 4.69) is 32.9 Å². The number of benzene rings is 1. The molecule has 24 heavy (non-hydrogen) atoms. The highest BCUT2D eigenvalue weighted by Crippen LogP contribution is 2.28. The summed E-state index contributed by atoms with van der Waals surface area (Å²) in [5, 5.41) is 3.41. The van der Waals surface area contributed by atoms with Crippen molar-refractivity contribution in [3.63, 3.8) is 0 Å². The summed E-state index contributed by atoms with van der Waals surface area (Å²) in [4.78, 5) is 16.9. The van der Waals surface area contributed by atoms with Crippen molar-refractivity contribution in [2.45, 2.75) is 6.42 Å². The van der Waals surface area contributed by atoms with E-state index in [0.717, 1.165) is 14.9 Å². The fraction of sp³-hybridized carbons (Fsp3) is 0.176. The van der Waals surface area contributed by atoms with Gasteiger partial charge >= 0.3 is 0 Å². The van der Waals surface area contributed by atoms with Crippen LogP contribution in [0.3, 0.4) is 0 Å². The summed E-state index contributed by atoms with van der Waals surface area (Å²) >= 11 is 8.21. The van der Waals surface area contributed by atoms with Gasteiger partial charge in [-0.15, -0.1) is 0 Å². The second-order valence-corrected chi connectivity index (χ2v) is 6.74. The summed E-state index contributed by atoms with van der Waals surface area (Å²) in [5.41, 5.74) is 2.25. The van der Waals surface area contributed by atoms with E-state index < -0.39 is 0 Å². The molecule has 0 saturated carbocycles. The van der Waals surface area contributed by atoms with Crippen LogP contribution in [0.4, 0.5) is 0 Å². The Bertz CT molecular complexity index is 862. The molecule has 5 nitrogen and oxygen atoms in total. The van der Waals surface area contributed by atoms with Crippen molar-refractivity contribution in [2.75, 3.05) is 13.7 Å². The lowest BCUT2D eigenvalue weighted by atomic mass is 10.2. The molecular formula is C17H15ClIN3O2. The number of imidazole rings is 1. The summed E-state index contributed by atoms with van der Waals surface area (Å²) in [6, 6.07) is 9.22. The van der Waals surface area contributed by atoms with E-state index in [1.54, 1.807) is 12.1 Å². The van der Waals surface area contributed by atoms with Crippen LogP contribution in [0, 0.1) is 3.57 Å². The van der Waals surface area contributed by atoms with Crippen LogP contribution >= 0.6 is 34.2 Å². The molecule has 124 valence electrons. The average Bonchev–Trinajstić information content (AvgIpc) is 2.99. The molecule has 2 heterocycles. The smallest absolute Gasteiger partial charge is 0.255 e. The van der Waals surface area contributed by atoms with Crippen LogP contribution in [0.5, 0.6) is 5.75 Å². The zero-order chi connectivity index (χ0) is 17.1. The first-order valence-electron chi connectivity index (χ1n) is 7.32. The van der Waals surface area contributed by atoms with Gasteiger partial charge in [-0.05, 0) is 46.9 Å². The SMILES string of the molecule is COc1cc(I)c(Cl)cc1C(=O)NCCc1cn2ccccc2n1. The van der Waals surface area contributed by atoms with Crippen LogP contribution in [0.25, 0.3) is 5.65 Å². The predicted octanol–water partition coefficient (Wildman–Crippen LogP) is 3.57. The molecule has 1 N–H and O–H groups in total. The van der Waals surface area contributed by atoms with Crippen LogP contribution in [-0.2, 0) is 6.42 Å². The van der Waals surface area contributed by atoms with Crippen LogP contribution in [-0.4, -0.2) is 28.9 Å². The van der Waals surface area contributed by atoms with Crippen molar-refractivity contribution in [3.05, 3.63) is 62.6 Å². The second kappa shape index (κ2) is 7.40. The molecule has 0 saturated heterocycles. The maximum atomic E-state index is 12.4. The topological polar surface area (TPSA) is 55.6 Å². The normalized spacial score (nSPS) is 10.8. The number of hydrogen-bond acceptors (Lipinski definition) is 3. The molecular weight excluding hydrogens is 441 g/mol. The molecule has 0 aliphatic carbocycles. The highest BCUT2D eigenvalue weighted by molar-refractivity contribution is 14.1. The van der Waals surface area contributed by atoms with Crippen molar-refractivity contribution in [1.82, 2.24) is 14.7 Å². The van der Waals surface area contributed by atoms with E-state index in [9.17, 15) is 4.79 Å². The molecule has 0 spiro atoms. The van der Waals surface area contributed by atoms with Gasteiger partial charge in [0, 0.05) is 28.9 Å². The Balaban J connectivity index is 1.66. The van der Waals surface area contributed by atoms with E-state index in [1.807, 2.05) is 35.0 Å². The van der Waals surface area contributed by atoms with E-state index in [4.69, 9.17) is 16.3 Å². The molecule has 0 radical (unpaired) electrons. The minimum atomic E-state index is -0.214. The van der Waals surface area contributed by atoms with Crippen molar-refractivity contribution in [2.24, 2.45) is 0 Å². The lowest BCUT2D eigenvalue weighted by Gasteiger charge is -2.10. The Morgan fingerprint density at radius 1 is 1.42 bits per heavy atom. The van der Waals surface area contributed by atoms with Crippen LogP contribution in [0.1, 0.15) is 16.1 Å². The number of pyridine rings is 1. The highest BCUT2D eigenvalue weighted by Gasteiger charge is 2.15. The maximum Gasteiger partial charge on any atom is 0.255 e. The summed E-state index contributed by atoms with van der Waals surface area (Å²) < 4.78 is 8.06. The molecule has 1 amide bonds. The number of aromatic nitrogens is 2. The van der Waals surface area contributed by atoms with E-state index in [1.165, 1.54) is 7.11 Å². The minimum Gasteiger partial charge on any atom is -0.496 e. The Labute approximate surface area is 158 Å². The van der Waals surface area contributed by atoms with Gasteiger partial charge in [-0.25, -0.2) is 4.98 Å². The van der Waals surface area contributed by atoms with E-state index in [0.29, 0.717) is 29.3 Å². The largest absolute Gasteiger partial charge is 0.496 e. The number of rotatable bonds is 5. The molecule has 3 aromatic rings. The molecule has 0 unspecified atom stereocenters. The van der Waals surface area contributed by atoms with Crippen LogP contribution < -0.4 is 10.1 Å². The van der Waals surface area contributed by atoms with E-state index >= 15 is 0 Å². The quantitative estimate of drug-likeness (QED) is 0.599. The maximum absolute atomic E-state index is 12.4. The molecule has 0 bridgehead atoms. The number of ether oxygens (including phenoxy) is 1. The lowest BCUT2D eigenvalue weighted by Crippen LogP contribution is -2.26. The lowest BCUT2D eigenvalue weighted by molar-refractivity contribution is 0.0951. The molecule has 7 heteroatoms. The van der Waals surface area contributed by atoms with Crippen molar-refractivity contribution in [1.29, 1.82) is 0 Å². The highest BCUT2D eigenvalue weighted by atomic mass is 127. The van der Waals surface area contributed by atoms with Gasteiger partial charge in [-0.1, -0.05) is 17.7 Å². The first-order chi connectivity index (χ1) is 11.6. The Kier molecular flexibility index (Phi) is 5.25. The zero-order valence-corrected chi connectivity index (χ0v) is 15.8. The van der Waals surface area contributed by atoms with Gasteiger partial charge < -0.3 is 14.5 Å². The number of amides is 1. The number of carbonyl (C=O) groups is 1. The molecule has 0 aliphatic heterocycles. The zero-order valence-electron chi connectivity index (χ0n) is 12.9. The number of methoxy groups -OCH3 is 1. The predicted molar refractivity (Wildman–Crippen MR) is 102 cm³/mol. The summed E-state index contributed by atoms with van der Waals surface area (Å²) in [6.07, 6.45) is 4.56. The average molecular weight is 456 g/mol. The van der Waals surface area contributed by atoms with Gasteiger partial charge in [-0.2, -0.15) is 0 Å². The number of fused-ring (bicyclic) bond motifs is 1. The van der Waals surface area contributed by atoms with Crippen molar-refractivity contribution in [3.8, 4) is 5.75 Å². The Morgan fingerprint density at radius 2 is 2.25 bits per heavy atom. The van der Waals surface area contributed by atoms with Crippen molar-refractivity contribution >= 4 is 45.7 Å².